The molecule has 0 spiro atoms. The average Bonchev–Trinajstić information content (AvgIpc) is 3.38. The fourth-order valence-corrected chi connectivity index (χ4v) is 3.49. The summed E-state index contributed by atoms with van der Waals surface area (Å²) in [4.78, 5) is 52.6. The number of carbonyl (C=O) groups is 4. The van der Waals surface area contributed by atoms with Crippen LogP contribution in [0.5, 0.6) is 0 Å². The lowest BCUT2D eigenvalue weighted by Gasteiger charge is -2.15. The number of carbonyl (C=O) groups excluding carboxylic acids is 4. The second-order valence-corrected chi connectivity index (χ2v) is 7.47. The van der Waals surface area contributed by atoms with Crippen LogP contribution in [0.4, 0.5) is 5.69 Å². The molecule has 1 aromatic heterocycles. The molecule has 0 unspecified atom stereocenters. The highest BCUT2D eigenvalue weighted by Gasteiger charge is 2.38. The Morgan fingerprint density at radius 3 is 2.50 bits per heavy atom. The van der Waals surface area contributed by atoms with Gasteiger partial charge in [-0.2, -0.15) is 0 Å². The Morgan fingerprint density at radius 1 is 1.03 bits per heavy atom. The molecule has 1 aliphatic rings. The molecule has 8 nitrogen and oxygen atoms in total. The van der Waals surface area contributed by atoms with E-state index in [1.54, 1.807) is 43.4 Å². The molecule has 0 saturated carbocycles. The summed E-state index contributed by atoms with van der Waals surface area (Å²) < 4.78 is 10.3. The molecule has 3 aromatic rings. The molecule has 0 fully saturated rings. The van der Waals surface area contributed by atoms with Crippen molar-refractivity contribution >= 4 is 41.0 Å². The second-order valence-electron chi connectivity index (χ2n) is 7.06. The summed E-state index contributed by atoms with van der Waals surface area (Å²) in [5.41, 5.74) is 0.522. The Labute approximate surface area is 187 Å². The first-order valence-corrected chi connectivity index (χ1v) is 9.95. The highest BCUT2D eigenvalue weighted by molar-refractivity contribution is 6.39. The third kappa shape index (κ3) is 4.00. The molecule has 4 rings (SSSR count). The van der Waals surface area contributed by atoms with Crippen molar-refractivity contribution in [3.63, 3.8) is 0 Å². The molecule has 162 valence electrons. The summed E-state index contributed by atoms with van der Waals surface area (Å²) in [6, 6.07) is 14.0. The van der Waals surface area contributed by atoms with Crippen LogP contribution in [0.15, 0.2) is 65.3 Å². The van der Waals surface area contributed by atoms with Crippen molar-refractivity contribution in [1.82, 2.24) is 4.90 Å². The zero-order chi connectivity index (χ0) is 22.8. The van der Waals surface area contributed by atoms with E-state index in [0.29, 0.717) is 5.76 Å². The number of hydrogen-bond donors (Lipinski definition) is 0. The normalized spacial score (nSPS) is 12.6. The van der Waals surface area contributed by atoms with Gasteiger partial charge in [0.2, 0.25) is 0 Å². The molecule has 0 saturated heterocycles. The van der Waals surface area contributed by atoms with Crippen molar-refractivity contribution in [3.8, 4) is 0 Å². The molecule has 1 aliphatic heterocycles. The fraction of sp³-hybridized carbons (Fsp3) is 0.130. The lowest BCUT2D eigenvalue weighted by molar-refractivity contribution is -0.133. The molecule has 0 bridgehead atoms. The van der Waals surface area contributed by atoms with Crippen LogP contribution in [0, 0.1) is 0 Å². The van der Waals surface area contributed by atoms with Gasteiger partial charge in [0.1, 0.15) is 5.76 Å². The molecule has 9 heteroatoms. The van der Waals surface area contributed by atoms with Gasteiger partial charge in [0.15, 0.2) is 6.61 Å². The van der Waals surface area contributed by atoms with Gasteiger partial charge >= 0.3 is 5.97 Å². The van der Waals surface area contributed by atoms with Crippen LogP contribution in [0.1, 0.15) is 36.8 Å². The number of likely N-dealkylation sites (N-methyl/N-ethyl adjacent to an activating group) is 1. The number of ether oxygens (including phenoxy) is 1. The summed E-state index contributed by atoms with van der Waals surface area (Å²) in [6.45, 7) is -0.248. The standard InChI is InChI=1S/C23H17ClN2O6/c1-25(12-15-5-4-10-31-15)20(27)13-32-23(30)14-8-9-16-17(11-14)22(29)26(21(16)28)19-7-3-2-6-18(19)24/h2-11H,12-13H2,1H3. The van der Waals surface area contributed by atoms with Gasteiger partial charge in [-0.15, -0.1) is 0 Å². The summed E-state index contributed by atoms with van der Waals surface area (Å²) in [5, 5.41) is 0.249. The number of furan rings is 1. The smallest absolute Gasteiger partial charge is 0.338 e. The van der Waals surface area contributed by atoms with Gasteiger partial charge in [0.05, 0.1) is 40.2 Å². The van der Waals surface area contributed by atoms with E-state index in [-0.39, 0.29) is 33.9 Å². The maximum absolute atomic E-state index is 12.9. The van der Waals surface area contributed by atoms with Crippen molar-refractivity contribution < 1.29 is 28.3 Å². The predicted octanol–water partition coefficient (Wildman–Crippen LogP) is 3.55. The number of nitrogens with zero attached hydrogens (tertiary/aromatic N) is 2. The highest BCUT2D eigenvalue weighted by Crippen LogP contribution is 2.33. The van der Waals surface area contributed by atoms with Crippen LogP contribution >= 0.6 is 11.6 Å². The Bertz CT molecular complexity index is 1220. The van der Waals surface area contributed by atoms with Crippen molar-refractivity contribution in [2.45, 2.75) is 6.54 Å². The van der Waals surface area contributed by atoms with Gasteiger partial charge in [0, 0.05) is 7.05 Å². The zero-order valence-electron chi connectivity index (χ0n) is 16.9. The van der Waals surface area contributed by atoms with E-state index in [1.165, 1.54) is 29.4 Å². The number of esters is 1. The van der Waals surface area contributed by atoms with Gasteiger partial charge in [-0.25, -0.2) is 9.69 Å². The molecular formula is C23H17ClN2O6. The van der Waals surface area contributed by atoms with Gasteiger partial charge in [-0.05, 0) is 42.5 Å². The topological polar surface area (TPSA) is 97.1 Å². The van der Waals surface area contributed by atoms with Crippen LogP contribution < -0.4 is 4.90 Å². The van der Waals surface area contributed by atoms with Gasteiger partial charge in [0.25, 0.3) is 17.7 Å². The lowest BCUT2D eigenvalue weighted by atomic mass is 10.1. The second kappa shape index (κ2) is 8.68. The maximum Gasteiger partial charge on any atom is 0.338 e. The first kappa shape index (κ1) is 21.3. The zero-order valence-corrected chi connectivity index (χ0v) is 17.7. The summed E-state index contributed by atoms with van der Waals surface area (Å²) >= 11 is 6.14. The van der Waals surface area contributed by atoms with Crippen molar-refractivity contribution in [1.29, 1.82) is 0 Å². The minimum absolute atomic E-state index is 0.0485. The Kier molecular flexibility index (Phi) is 5.79. The van der Waals surface area contributed by atoms with Gasteiger partial charge in [-0.1, -0.05) is 23.7 Å². The number of fused-ring (bicyclic) bond motifs is 1. The highest BCUT2D eigenvalue weighted by atomic mass is 35.5. The van der Waals surface area contributed by atoms with Crippen LogP contribution in [-0.4, -0.2) is 42.2 Å². The Balaban J connectivity index is 1.45. The van der Waals surface area contributed by atoms with Crippen LogP contribution in [-0.2, 0) is 16.1 Å². The SMILES string of the molecule is CN(Cc1ccco1)C(=O)COC(=O)c1ccc2c(c1)C(=O)N(c1ccccc1Cl)C2=O. The molecular weight excluding hydrogens is 436 g/mol. The van der Waals surface area contributed by atoms with E-state index in [9.17, 15) is 19.2 Å². The first-order valence-electron chi connectivity index (χ1n) is 9.57. The van der Waals surface area contributed by atoms with Crippen LogP contribution in [0.3, 0.4) is 0 Å². The van der Waals surface area contributed by atoms with Gasteiger partial charge < -0.3 is 14.1 Å². The number of imide groups is 1. The number of anilines is 1. The lowest BCUT2D eigenvalue weighted by Crippen LogP contribution is -2.30. The molecule has 0 radical (unpaired) electrons. The maximum atomic E-state index is 12.9. The largest absolute Gasteiger partial charge is 0.467 e. The molecule has 2 aromatic carbocycles. The summed E-state index contributed by atoms with van der Waals surface area (Å²) in [6.07, 6.45) is 1.50. The number of rotatable bonds is 6. The number of para-hydroxylation sites is 1. The van der Waals surface area contributed by atoms with E-state index in [1.807, 2.05) is 0 Å². The number of amides is 3. The third-order valence-electron chi connectivity index (χ3n) is 4.94. The van der Waals surface area contributed by atoms with Crippen LogP contribution in [0.25, 0.3) is 0 Å². The quantitative estimate of drug-likeness (QED) is 0.419. The van der Waals surface area contributed by atoms with Crippen LogP contribution in [0.2, 0.25) is 5.02 Å². The summed E-state index contributed by atoms with van der Waals surface area (Å²) in [5.74, 6) is -1.75. The molecule has 0 atom stereocenters. The number of halogens is 1. The van der Waals surface area contributed by atoms with E-state index in [0.717, 1.165) is 4.90 Å². The van der Waals surface area contributed by atoms with Crippen molar-refractivity contribution in [2.75, 3.05) is 18.6 Å². The van der Waals surface area contributed by atoms with E-state index < -0.39 is 30.3 Å². The van der Waals surface area contributed by atoms with E-state index >= 15 is 0 Å². The predicted molar refractivity (Wildman–Crippen MR) is 114 cm³/mol. The fourth-order valence-electron chi connectivity index (χ4n) is 3.26. The minimum atomic E-state index is -0.788. The monoisotopic (exact) mass is 452 g/mol. The molecule has 3 amide bonds. The average molecular weight is 453 g/mol. The first-order chi connectivity index (χ1) is 15.4. The number of hydrogen-bond acceptors (Lipinski definition) is 6. The van der Waals surface area contributed by atoms with Gasteiger partial charge in [-0.3, -0.25) is 14.4 Å². The van der Waals surface area contributed by atoms with Crippen molar-refractivity contribution in [2.24, 2.45) is 0 Å². The molecule has 32 heavy (non-hydrogen) atoms. The summed E-state index contributed by atoms with van der Waals surface area (Å²) in [7, 11) is 1.56. The number of benzene rings is 2. The molecule has 2 heterocycles. The van der Waals surface area contributed by atoms with E-state index in [4.69, 9.17) is 20.8 Å². The third-order valence-corrected chi connectivity index (χ3v) is 5.26. The Hall–Kier alpha value is -3.91. The minimum Gasteiger partial charge on any atom is -0.467 e. The Morgan fingerprint density at radius 2 is 1.78 bits per heavy atom. The molecule has 0 N–H and O–H groups in total. The van der Waals surface area contributed by atoms with Crippen molar-refractivity contribution in [3.05, 3.63) is 88.3 Å². The molecule has 0 aliphatic carbocycles. The van der Waals surface area contributed by atoms with E-state index in [2.05, 4.69) is 0 Å².